The smallest absolute Gasteiger partial charge is 0.270 e. The van der Waals surface area contributed by atoms with Crippen molar-refractivity contribution in [1.29, 1.82) is 0 Å². The quantitative estimate of drug-likeness (QED) is 0.442. The molecule has 1 aliphatic heterocycles. The predicted octanol–water partition coefficient (Wildman–Crippen LogP) is 5.02. The summed E-state index contributed by atoms with van der Waals surface area (Å²) >= 11 is 0. The van der Waals surface area contributed by atoms with Crippen LogP contribution in [0.15, 0.2) is 54.7 Å². The second-order valence-corrected chi connectivity index (χ2v) is 7.97. The average Bonchev–Trinajstić information content (AvgIpc) is 3.11. The molecule has 30 heavy (non-hydrogen) atoms. The molecule has 156 valence electrons. The Morgan fingerprint density at radius 1 is 1.13 bits per heavy atom. The Balaban J connectivity index is 1.81. The van der Waals surface area contributed by atoms with Crippen molar-refractivity contribution in [2.75, 3.05) is 13.7 Å². The number of benzene rings is 2. The van der Waals surface area contributed by atoms with Crippen LogP contribution in [0.4, 0.5) is 5.69 Å². The maximum Gasteiger partial charge on any atom is 0.270 e. The number of nitro groups is 1. The molecule has 0 radical (unpaired) electrons. The van der Waals surface area contributed by atoms with Crippen LogP contribution in [0.2, 0.25) is 0 Å². The van der Waals surface area contributed by atoms with E-state index in [1.807, 2.05) is 0 Å². The summed E-state index contributed by atoms with van der Waals surface area (Å²) in [6, 6.07) is 15.8. The molecule has 0 N–H and O–H groups in total. The lowest BCUT2D eigenvalue weighted by Gasteiger charge is -2.32. The van der Waals surface area contributed by atoms with Crippen LogP contribution in [0.5, 0.6) is 5.75 Å². The summed E-state index contributed by atoms with van der Waals surface area (Å²) < 4.78 is 7.87. The highest BCUT2D eigenvalue weighted by atomic mass is 16.6. The molecule has 1 aromatic heterocycles. The van der Waals surface area contributed by atoms with E-state index in [0.717, 1.165) is 25.1 Å². The van der Waals surface area contributed by atoms with Gasteiger partial charge in [-0.1, -0.05) is 23.8 Å². The minimum atomic E-state index is -0.349. The van der Waals surface area contributed by atoms with Gasteiger partial charge in [-0.25, -0.2) is 0 Å². The van der Waals surface area contributed by atoms with Gasteiger partial charge in [0.25, 0.3) is 5.69 Å². The highest BCUT2D eigenvalue weighted by Crippen LogP contribution is 2.36. The van der Waals surface area contributed by atoms with Gasteiger partial charge in [-0.2, -0.15) is 0 Å². The van der Waals surface area contributed by atoms with E-state index in [1.54, 1.807) is 19.2 Å². The van der Waals surface area contributed by atoms with Gasteiger partial charge in [0.15, 0.2) is 0 Å². The maximum atomic E-state index is 11.3. The zero-order valence-corrected chi connectivity index (χ0v) is 17.7. The lowest BCUT2D eigenvalue weighted by molar-refractivity contribution is -0.385. The van der Waals surface area contributed by atoms with Crippen molar-refractivity contribution in [3.63, 3.8) is 0 Å². The number of nitro benzene ring substituents is 1. The summed E-state index contributed by atoms with van der Waals surface area (Å²) in [6.45, 7) is 6.71. The van der Waals surface area contributed by atoms with E-state index >= 15 is 0 Å². The first-order valence-electron chi connectivity index (χ1n) is 10.3. The van der Waals surface area contributed by atoms with Gasteiger partial charge in [-0.05, 0) is 49.6 Å². The molecule has 6 nitrogen and oxygen atoms in total. The van der Waals surface area contributed by atoms with Crippen LogP contribution in [0.1, 0.15) is 40.4 Å². The first-order chi connectivity index (χ1) is 14.5. The van der Waals surface area contributed by atoms with Gasteiger partial charge in [0.05, 0.1) is 18.1 Å². The number of aromatic nitrogens is 1. The summed E-state index contributed by atoms with van der Waals surface area (Å²) in [7, 11) is 1.61. The van der Waals surface area contributed by atoms with Crippen molar-refractivity contribution in [2.45, 2.75) is 39.4 Å². The van der Waals surface area contributed by atoms with E-state index in [9.17, 15) is 10.1 Å². The first kappa shape index (κ1) is 20.2. The molecular weight excluding hydrogens is 378 g/mol. The Morgan fingerprint density at radius 3 is 2.73 bits per heavy atom. The van der Waals surface area contributed by atoms with Crippen molar-refractivity contribution in [1.82, 2.24) is 9.47 Å². The van der Waals surface area contributed by atoms with Crippen molar-refractivity contribution < 1.29 is 9.66 Å². The van der Waals surface area contributed by atoms with E-state index in [2.05, 4.69) is 59.8 Å². The molecule has 1 aliphatic rings. The molecule has 1 atom stereocenters. The number of nitrogens with zero attached hydrogens (tertiary/aromatic N) is 3. The Hall–Kier alpha value is -3.12. The Labute approximate surface area is 176 Å². The number of hydrogen-bond donors (Lipinski definition) is 0. The molecule has 3 aromatic rings. The van der Waals surface area contributed by atoms with Crippen molar-refractivity contribution >= 4 is 5.69 Å². The summed E-state index contributed by atoms with van der Waals surface area (Å²) in [6.07, 6.45) is 3.16. The third-order valence-electron chi connectivity index (χ3n) is 5.93. The van der Waals surface area contributed by atoms with E-state index in [-0.39, 0.29) is 16.7 Å². The molecule has 0 saturated heterocycles. The van der Waals surface area contributed by atoms with E-state index in [0.29, 0.717) is 12.3 Å². The van der Waals surface area contributed by atoms with Crippen LogP contribution in [-0.4, -0.2) is 28.0 Å². The minimum Gasteiger partial charge on any atom is -0.496 e. The zero-order valence-electron chi connectivity index (χ0n) is 17.7. The average molecular weight is 405 g/mol. The van der Waals surface area contributed by atoms with Crippen molar-refractivity contribution in [3.05, 3.63) is 92.8 Å². The molecule has 4 rings (SSSR count). The molecule has 2 aromatic carbocycles. The second kappa shape index (κ2) is 8.32. The van der Waals surface area contributed by atoms with Gasteiger partial charge in [0, 0.05) is 49.2 Å². The van der Waals surface area contributed by atoms with Gasteiger partial charge >= 0.3 is 0 Å². The number of methoxy groups -OCH3 is 1. The maximum absolute atomic E-state index is 11.3. The van der Waals surface area contributed by atoms with Crippen LogP contribution in [0, 0.1) is 24.0 Å². The third-order valence-corrected chi connectivity index (χ3v) is 5.93. The fourth-order valence-corrected chi connectivity index (χ4v) is 4.44. The minimum absolute atomic E-state index is 0.0753. The number of hydrogen-bond acceptors (Lipinski definition) is 4. The third kappa shape index (κ3) is 3.83. The molecule has 0 fully saturated rings. The molecule has 0 aliphatic carbocycles. The highest BCUT2D eigenvalue weighted by Gasteiger charge is 2.29. The molecular formula is C24H27N3O3. The number of rotatable bonds is 5. The Kier molecular flexibility index (Phi) is 5.59. The standard InChI is InChI=1S/C24H27N3O3/c1-17-7-8-18(2)21(14-17)24-22-6-4-11-25(22)12-5-13-26(24)16-19-15-20(27(28)29)9-10-23(19)30-3/h4,6-11,14-15,24H,5,12-13,16H2,1-3H3/t24-/m1/s1. The summed E-state index contributed by atoms with van der Waals surface area (Å²) in [4.78, 5) is 13.4. The first-order valence-corrected chi connectivity index (χ1v) is 10.3. The fourth-order valence-electron chi connectivity index (χ4n) is 4.44. The van der Waals surface area contributed by atoms with Crippen LogP contribution >= 0.6 is 0 Å². The summed E-state index contributed by atoms with van der Waals surface area (Å²) in [5.74, 6) is 0.681. The topological polar surface area (TPSA) is 60.5 Å². The molecule has 6 heteroatoms. The van der Waals surface area contributed by atoms with Gasteiger partial charge in [0.2, 0.25) is 0 Å². The fraction of sp³-hybridized carbons (Fsp3) is 0.333. The zero-order chi connectivity index (χ0) is 21.3. The molecule has 0 spiro atoms. The number of fused-ring (bicyclic) bond motifs is 1. The number of ether oxygens (including phenoxy) is 1. The SMILES string of the molecule is COc1ccc([N+](=O)[O-])cc1CN1CCCn2cccc2[C@H]1c1cc(C)ccc1C. The van der Waals surface area contributed by atoms with Crippen LogP contribution in [0.25, 0.3) is 0 Å². The predicted molar refractivity (Wildman–Crippen MR) is 117 cm³/mol. The van der Waals surface area contributed by atoms with Gasteiger partial charge in [-0.3, -0.25) is 15.0 Å². The van der Waals surface area contributed by atoms with Gasteiger partial charge < -0.3 is 9.30 Å². The molecule has 0 amide bonds. The summed E-state index contributed by atoms with van der Waals surface area (Å²) in [5.41, 5.74) is 5.93. The normalized spacial score (nSPS) is 16.7. The van der Waals surface area contributed by atoms with Crippen LogP contribution in [-0.2, 0) is 13.1 Å². The lowest BCUT2D eigenvalue weighted by Crippen LogP contribution is -2.30. The van der Waals surface area contributed by atoms with Crippen LogP contribution < -0.4 is 4.74 Å². The van der Waals surface area contributed by atoms with E-state index in [4.69, 9.17) is 4.74 Å². The number of non-ortho nitro benzene ring substituents is 1. The van der Waals surface area contributed by atoms with Crippen molar-refractivity contribution in [2.24, 2.45) is 0 Å². The summed E-state index contributed by atoms with van der Waals surface area (Å²) in [5, 5.41) is 11.3. The molecule has 0 unspecified atom stereocenters. The largest absolute Gasteiger partial charge is 0.496 e. The highest BCUT2D eigenvalue weighted by molar-refractivity contribution is 5.44. The Morgan fingerprint density at radius 2 is 1.97 bits per heavy atom. The monoisotopic (exact) mass is 405 g/mol. The lowest BCUT2D eigenvalue weighted by atomic mass is 9.95. The molecule has 0 saturated carbocycles. The molecule has 0 bridgehead atoms. The number of aryl methyl sites for hydroxylation is 3. The van der Waals surface area contributed by atoms with Crippen molar-refractivity contribution in [3.8, 4) is 5.75 Å². The van der Waals surface area contributed by atoms with E-state index < -0.39 is 0 Å². The van der Waals surface area contributed by atoms with Gasteiger partial charge in [0.1, 0.15) is 5.75 Å². The second-order valence-electron chi connectivity index (χ2n) is 7.97. The van der Waals surface area contributed by atoms with Gasteiger partial charge in [-0.15, -0.1) is 0 Å². The van der Waals surface area contributed by atoms with Crippen LogP contribution in [0.3, 0.4) is 0 Å². The molecule has 2 heterocycles. The Bertz CT molecular complexity index is 1070. The van der Waals surface area contributed by atoms with E-state index in [1.165, 1.54) is 28.5 Å².